The van der Waals surface area contributed by atoms with Gasteiger partial charge in [0.05, 0.1) is 25.4 Å². The Kier molecular flexibility index (Phi) is 36.4. The molecular formula is C50H85NO8. The van der Waals surface area contributed by atoms with Gasteiger partial charge in [0.15, 0.2) is 6.29 Å². The fraction of sp³-hybridized carbons (Fsp3) is 0.700. The molecule has 0 aromatic rings. The summed E-state index contributed by atoms with van der Waals surface area (Å²) in [7, 11) is 0. The molecule has 338 valence electrons. The number of rotatable bonds is 37. The zero-order valence-corrected chi connectivity index (χ0v) is 37.0. The number of carbonyl (C=O) groups excluding carboxylic acids is 1. The fourth-order valence-electron chi connectivity index (χ4n) is 6.73. The predicted octanol–water partition coefficient (Wildman–Crippen LogP) is 9.94. The van der Waals surface area contributed by atoms with Gasteiger partial charge < -0.3 is 40.3 Å². The minimum absolute atomic E-state index is 0.219. The molecule has 1 amide bonds. The second kappa shape index (κ2) is 39.5. The maximum Gasteiger partial charge on any atom is 0.220 e. The Balaban J connectivity index is 2.42. The van der Waals surface area contributed by atoms with E-state index in [4.69, 9.17) is 9.47 Å². The first-order valence-corrected chi connectivity index (χ1v) is 23.3. The third-order valence-electron chi connectivity index (χ3n) is 10.5. The molecule has 0 aromatic heterocycles. The second-order valence-electron chi connectivity index (χ2n) is 15.8. The zero-order chi connectivity index (χ0) is 43.0. The average Bonchev–Trinajstić information content (AvgIpc) is 3.23. The van der Waals surface area contributed by atoms with E-state index in [2.05, 4.69) is 92.1 Å². The van der Waals surface area contributed by atoms with Crippen LogP contribution in [0.15, 0.2) is 85.1 Å². The van der Waals surface area contributed by atoms with Crippen LogP contribution in [-0.4, -0.2) is 87.5 Å². The van der Waals surface area contributed by atoms with Crippen LogP contribution in [0, 0.1) is 0 Å². The lowest BCUT2D eigenvalue weighted by molar-refractivity contribution is -0.302. The van der Waals surface area contributed by atoms with Crippen LogP contribution in [-0.2, 0) is 14.3 Å². The molecule has 7 atom stereocenters. The smallest absolute Gasteiger partial charge is 0.220 e. The molecule has 6 N–H and O–H groups in total. The average molecular weight is 828 g/mol. The monoisotopic (exact) mass is 828 g/mol. The lowest BCUT2D eigenvalue weighted by Crippen LogP contribution is -2.60. The van der Waals surface area contributed by atoms with E-state index in [0.717, 1.165) is 70.6 Å². The molecule has 0 bridgehead atoms. The first-order chi connectivity index (χ1) is 28.8. The van der Waals surface area contributed by atoms with E-state index in [9.17, 15) is 30.3 Å². The Bertz CT molecular complexity index is 1190. The highest BCUT2D eigenvalue weighted by molar-refractivity contribution is 5.76. The van der Waals surface area contributed by atoms with Gasteiger partial charge in [0.25, 0.3) is 0 Å². The molecule has 0 aliphatic carbocycles. The highest BCUT2D eigenvalue weighted by atomic mass is 16.7. The molecule has 1 aliphatic rings. The van der Waals surface area contributed by atoms with Crippen molar-refractivity contribution in [3.63, 3.8) is 0 Å². The van der Waals surface area contributed by atoms with Crippen LogP contribution in [0.2, 0.25) is 0 Å². The standard InChI is InChI=1S/C50H85NO8/c1-3-5-7-9-11-13-15-17-19-21-22-24-26-28-30-32-34-36-38-40-46(54)51-43(42-58-50-49(57)48(56)47(55)45(41-52)59-50)44(53)39-37-35-33-31-29-27-25-23-20-18-16-14-12-10-8-6-4-2/h5,7,11,13,17,19,22,24,28-31,37,39,43-45,47-50,52-53,55-57H,3-4,6,8-10,12,14-16,18,20-21,23,25-27,32-36,38,40-42H2,1-2H3,(H,51,54)/b7-5-,13-11-,19-17-,24-22-,30-28-,31-29+,39-37+. The molecule has 0 saturated carbocycles. The third-order valence-corrected chi connectivity index (χ3v) is 10.5. The number of hydrogen-bond donors (Lipinski definition) is 6. The molecule has 1 fully saturated rings. The van der Waals surface area contributed by atoms with Crippen LogP contribution in [0.3, 0.4) is 0 Å². The number of ether oxygens (including phenoxy) is 2. The summed E-state index contributed by atoms with van der Waals surface area (Å²) in [5.41, 5.74) is 0. The van der Waals surface area contributed by atoms with E-state index in [-0.39, 0.29) is 12.5 Å². The number of hydrogen-bond acceptors (Lipinski definition) is 8. The predicted molar refractivity (Wildman–Crippen MR) is 244 cm³/mol. The van der Waals surface area contributed by atoms with Crippen molar-refractivity contribution in [3.05, 3.63) is 85.1 Å². The maximum atomic E-state index is 13.0. The molecule has 1 aliphatic heterocycles. The van der Waals surface area contributed by atoms with Crippen LogP contribution in [0.4, 0.5) is 0 Å². The Hall–Kier alpha value is -2.63. The molecule has 1 saturated heterocycles. The van der Waals surface area contributed by atoms with Gasteiger partial charge in [-0.3, -0.25) is 4.79 Å². The largest absolute Gasteiger partial charge is 0.394 e. The van der Waals surface area contributed by atoms with Gasteiger partial charge in [-0.25, -0.2) is 0 Å². The van der Waals surface area contributed by atoms with Gasteiger partial charge in [-0.05, 0) is 77.0 Å². The summed E-state index contributed by atoms with van der Waals surface area (Å²) in [6, 6.07) is -0.844. The van der Waals surface area contributed by atoms with E-state index in [1.807, 2.05) is 6.08 Å². The molecular weight excluding hydrogens is 743 g/mol. The molecule has 1 heterocycles. The van der Waals surface area contributed by atoms with E-state index < -0.39 is 49.5 Å². The fourth-order valence-corrected chi connectivity index (χ4v) is 6.73. The van der Waals surface area contributed by atoms with Gasteiger partial charge in [0.2, 0.25) is 5.91 Å². The van der Waals surface area contributed by atoms with Crippen LogP contribution in [0.1, 0.15) is 168 Å². The van der Waals surface area contributed by atoms with Gasteiger partial charge >= 0.3 is 0 Å². The van der Waals surface area contributed by atoms with E-state index in [1.54, 1.807) is 6.08 Å². The third kappa shape index (κ3) is 30.1. The number of aliphatic hydroxyl groups excluding tert-OH is 5. The number of allylic oxidation sites excluding steroid dienone is 13. The second-order valence-corrected chi connectivity index (χ2v) is 15.8. The Labute approximate surface area is 359 Å². The molecule has 0 spiro atoms. The van der Waals surface area contributed by atoms with Gasteiger partial charge in [0, 0.05) is 6.42 Å². The molecule has 9 nitrogen and oxygen atoms in total. The number of amides is 1. The zero-order valence-electron chi connectivity index (χ0n) is 37.0. The van der Waals surface area contributed by atoms with Crippen molar-refractivity contribution in [2.45, 2.75) is 211 Å². The Morgan fingerprint density at radius 3 is 1.63 bits per heavy atom. The van der Waals surface area contributed by atoms with Gasteiger partial charge in [-0.15, -0.1) is 0 Å². The number of unbranched alkanes of at least 4 members (excludes halogenated alkanes) is 15. The van der Waals surface area contributed by atoms with Crippen molar-refractivity contribution >= 4 is 5.91 Å². The minimum Gasteiger partial charge on any atom is -0.394 e. The number of carbonyl (C=O) groups is 1. The summed E-state index contributed by atoms with van der Waals surface area (Å²) in [4.78, 5) is 13.0. The van der Waals surface area contributed by atoms with Crippen molar-refractivity contribution in [1.82, 2.24) is 5.32 Å². The highest BCUT2D eigenvalue weighted by Gasteiger charge is 2.44. The highest BCUT2D eigenvalue weighted by Crippen LogP contribution is 2.22. The first-order valence-electron chi connectivity index (χ1n) is 23.3. The van der Waals surface area contributed by atoms with Crippen molar-refractivity contribution < 1.29 is 39.8 Å². The summed E-state index contributed by atoms with van der Waals surface area (Å²) in [5.74, 6) is -0.222. The summed E-state index contributed by atoms with van der Waals surface area (Å²) in [6.07, 6.45) is 47.7. The van der Waals surface area contributed by atoms with E-state index in [0.29, 0.717) is 12.8 Å². The van der Waals surface area contributed by atoms with Gasteiger partial charge in [-0.2, -0.15) is 0 Å². The van der Waals surface area contributed by atoms with Crippen LogP contribution >= 0.6 is 0 Å². The lowest BCUT2D eigenvalue weighted by Gasteiger charge is -2.40. The quantitative estimate of drug-likeness (QED) is 0.0268. The first kappa shape index (κ1) is 54.4. The lowest BCUT2D eigenvalue weighted by atomic mass is 9.99. The summed E-state index contributed by atoms with van der Waals surface area (Å²) < 4.78 is 11.2. The molecule has 0 aromatic carbocycles. The SMILES string of the molecule is CC/C=C\C/C=C\C/C=C\C/C=C\C/C=C\CCCCCC(=O)NC(COC1OC(CO)C(O)C(O)C1O)C(O)/C=C/CC/C=C/CCCCCCCCCCCCC. The van der Waals surface area contributed by atoms with Crippen LogP contribution in [0.25, 0.3) is 0 Å². The van der Waals surface area contributed by atoms with Crippen molar-refractivity contribution in [1.29, 1.82) is 0 Å². The van der Waals surface area contributed by atoms with Crippen molar-refractivity contribution in [3.8, 4) is 0 Å². The molecule has 9 heteroatoms. The Morgan fingerprint density at radius 2 is 1.07 bits per heavy atom. The summed E-state index contributed by atoms with van der Waals surface area (Å²) >= 11 is 0. The maximum absolute atomic E-state index is 13.0. The summed E-state index contributed by atoms with van der Waals surface area (Å²) in [6.45, 7) is 3.60. The molecule has 7 unspecified atom stereocenters. The molecule has 59 heavy (non-hydrogen) atoms. The van der Waals surface area contributed by atoms with Gasteiger partial charge in [-0.1, -0.05) is 170 Å². The van der Waals surface area contributed by atoms with Crippen molar-refractivity contribution in [2.75, 3.05) is 13.2 Å². The number of aliphatic hydroxyl groups is 5. The van der Waals surface area contributed by atoms with Crippen molar-refractivity contribution in [2.24, 2.45) is 0 Å². The Morgan fingerprint density at radius 1 is 0.593 bits per heavy atom. The topological polar surface area (TPSA) is 149 Å². The normalized spacial score (nSPS) is 21.5. The minimum atomic E-state index is -1.58. The van der Waals surface area contributed by atoms with Crippen LogP contribution in [0.5, 0.6) is 0 Å². The molecule has 1 rings (SSSR count). The van der Waals surface area contributed by atoms with E-state index >= 15 is 0 Å². The van der Waals surface area contributed by atoms with E-state index in [1.165, 1.54) is 70.6 Å². The van der Waals surface area contributed by atoms with Gasteiger partial charge in [0.1, 0.15) is 24.4 Å². The number of nitrogens with one attached hydrogen (secondary N) is 1. The van der Waals surface area contributed by atoms with Crippen LogP contribution < -0.4 is 5.32 Å². The molecule has 0 radical (unpaired) electrons. The summed E-state index contributed by atoms with van der Waals surface area (Å²) in [5, 5.41) is 54.2.